The molecule has 38 heavy (non-hydrogen) atoms. The lowest BCUT2D eigenvalue weighted by atomic mass is 9.99. The molecule has 1 N–H and O–H groups in total. The SMILES string of the molecule is O=C(N/N=C/c1cc([N+](=O)[O-])ccc1Cl)c1csc(N2N=C(c3ccccc3)CC2c2ccc(Cl)cc2)n1. The summed E-state index contributed by atoms with van der Waals surface area (Å²) in [6.07, 6.45) is 1.90. The van der Waals surface area contributed by atoms with Crippen LogP contribution in [0, 0.1) is 10.1 Å². The fourth-order valence-electron chi connectivity index (χ4n) is 3.87. The number of anilines is 1. The third kappa shape index (κ3) is 5.57. The first-order chi connectivity index (χ1) is 18.4. The topological polar surface area (TPSA) is 113 Å². The molecule has 3 aromatic carbocycles. The number of benzene rings is 3. The first-order valence-electron chi connectivity index (χ1n) is 11.3. The number of aromatic nitrogens is 1. The molecule has 1 aliphatic heterocycles. The average Bonchev–Trinajstić information content (AvgIpc) is 3.58. The van der Waals surface area contributed by atoms with Crippen LogP contribution in [0.15, 0.2) is 88.4 Å². The van der Waals surface area contributed by atoms with Gasteiger partial charge in [-0.15, -0.1) is 11.3 Å². The molecule has 9 nitrogen and oxygen atoms in total. The Balaban J connectivity index is 1.36. The largest absolute Gasteiger partial charge is 0.290 e. The Kier molecular flexibility index (Phi) is 7.45. The molecule has 12 heteroatoms. The van der Waals surface area contributed by atoms with Crippen molar-refractivity contribution in [2.45, 2.75) is 12.5 Å². The van der Waals surface area contributed by atoms with Gasteiger partial charge in [0.1, 0.15) is 5.69 Å². The van der Waals surface area contributed by atoms with Gasteiger partial charge in [0.05, 0.1) is 22.9 Å². The van der Waals surface area contributed by atoms with Crippen molar-refractivity contribution in [2.75, 3.05) is 5.01 Å². The van der Waals surface area contributed by atoms with Crippen LogP contribution >= 0.6 is 34.5 Å². The zero-order valence-corrected chi connectivity index (χ0v) is 21.8. The van der Waals surface area contributed by atoms with Crippen LogP contribution in [-0.2, 0) is 0 Å². The summed E-state index contributed by atoms with van der Waals surface area (Å²) >= 11 is 13.5. The van der Waals surface area contributed by atoms with E-state index in [1.165, 1.54) is 35.8 Å². The third-order valence-electron chi connectivity index (χ3n) is 5.75. The Hall–Kier alpha value is -4.12. The molecule has 1 atom stereocenters. The van der Waals surface area contributed by atoms with E-state index in [1.54, 1.807) is 5.38 Å². The van der Waals surface area contributed by atoms with Crippen LogP contribution in [0.3, 0.4) is 0 Å². The number of carbonyl (C=O) groups is 1. The number of carbonyl (C=O) groups excluding carboxylic acids is 1. The second-order valence-electron chi connectivity index (χ2n) is 8.21. The van der Waals surface area contributed by atoms with E-state index in [0.717, 1.165) is 16.8 Å². The molecule has 1 unspecified atom stereocenters. The minimum Gasteiger partial charge on any atom is -0.266 e. The minimum absolute atomic E-state index is 0.126. The van der Waals surface area contributed by atoms with Crippen molar-refractivity contribution in [1.29, 1.82) is 0 Å². The van der Waals surface area contributed by atoms with E-state index >= 15 is 0 Å². The highest BCUT2D eigenvalue weighted by molar-refractivity contribution is 7.14. The highest BCUT2D eigenvalue weighted by atomic mass is 35.5. The Bertz CT molecular complexity index is 1560. The molecule has 0 radical (unpaired) electrons. The van der Waals surface area contributed by atoms with Gasteiger partial charge in [0.15, 0.2) is 0 Å². The summed E-state index contributed by atoms with van der Waals surface area (Å²) in [5.74, 6) is -0.542. The monoisotopic (exact) mass is 564 g/mol. The summed E-state index contributed by atoms with van der Waals surface area (Å²) in [5.41, 5.74) is 5.64. The smallest absolute Gasteiger partial charge is 0.266 e. The van der Waals surface area contributed by atoms with Gasteiger partial charge < -0.3 is 0 Å². The first-order valence-corrected chi connectivity index (χ1v) is 12.9. The number of hydrazone groups is 2. The average molecular weight is 565 g/mol. The first kappa shape index (κ1) is 25.5. The van der Waals surface area contributed by atoms with Gasteiger partial charge in [0.2, 0.25) is 5.13 Å². The standard InChI is InChI=1S/C26H18Cl2N6O3S/c27-19-8-6-17(7-9-19)24-13-22(16-4-2-1-3-5-16)32-33(24)26-30-23(15-38-26)25(35)31-29-14-18-12-20(34(36)37)10-11-21(18)28/h1-12,14-15,24H,13H2,(H,31,35)/b29-14+. The van der Waals surface area contributed by atoms with Crippen molar-refractivity contribution in [3.8, 4) is 0 Å². The number of hydrogen-bond acceptors (Lipinski definition) is 8. The Morgan fingerprint density at radius 2 is 1.89 bits per heavy atom. The molecule has 0 saturated carbocycles. The summed E-state index contributed by atoms with van der Waals surface area (Å²) < 4.78 is 0. The maximum Gasteiger partial charge on any atom is 0.290 e. The van der Waals surface area contributed by atoms with Crippen molar-refractivity contribution < 1.29 is 9.72 Å². The van der Waals surface area contributed by atoms with Crippen LogP contribution in [0.5, 0.6) is 0 Å². The molecular formula is C26H18Cl2N6O3S. The predicted molar refractivity (Wildman–Crippen MR) is 150 cm³/mol. The van der Waals surface area contributed by atoms with Crippen LogP contribution in [0.2, 0.25) is 10.0 Å². The molecular weight excluding hydrogens is 547 g/mol. The van der Waals surface area contributed by atoms with Gasteiger partial charge >= 0.3 is 0 Å². The van der Waals surface area contributed by atoms with Crippen molar-refractivity contribution in [1.82, 2.24) is 10.4 Å². The van der Waals surface area contributed by atoms with E-state index in [2.05, 4.69) is 15.5 Å². The number of thiazole rings is 1. The molecule has 0 spiro atoms. The van der Waals surface area contributed by atoms with Crippen LogP contribution < -0.4 is 10.4 Å². The van der Waals surface area contributed by atoms with E-state index in [9.17, 15) is 14.9 Å². The molecule has 0 fully saturated rings. The highest BCUT2D eigenvalue weighted by Gasteiger charge is 2.32. The number of non-ortho nitro benzene ring substituents is 1. The number of nitrogens with one attached hydrogen (secondary N) is 1. The second-order valence-corrected chi connectivity index (χ2v) is 9.89. The van der Waals surface area contributed by atoms with Crippen molar-refractivity contribution >= 4 is 63.2 Å². The van der Waals surface area contributed by atoms with Gasteiger partial charge in [-0.05, 0) is 29.3 Å². The lowest BCUT2D eigenvalue weighted by molar-refractivity contribution is -0.384. The fraction of sp³-hybridized carbons (Fsp3) is 0.0769. The van der Waals surface area contributed by atoms with Crippen LogP contribution in [-0.4, -0.2) is 27.7 Å². The quantitative estimate of drug-likeness (QED) is 0.157. The maximum absolute atomic E-state index is 12.7. The Morgan fingerprint density at radius 1 is 1.13 bits per heavy atom. The van der Waals surface area contributed by atoms with Gasteiger partial charge in [-0.25, -0.2) is 15.4 Å². The summed E-state index contributed by atoms with van der Waals surface area (Å²) in [4.78, 5) is 27.7. The molecule has 5 rings (SSSR count). The lowest BCUT2D eigenvalue weighted by Gasteiger charge is -2.21. The molecule has 1 amide bonds. The zero-order chi connectivity index (χ0) is 26.6. The molecule has 1 aliphatic rings. The number of nitro benzene ring substituents is 1. The molecule has 190 valence electrons. The Morgan fingerprint density at radius 3 is 2.63 bits per heavy atom. The van der Waals surface area contributed by atoms with Gasteiger partial charge in [-0.2, -0.15) is 10.2 Å². The van der Waals surface area contributed by atoms with Crippen molar-refractivity contribution in [2.24, 2.45) is 10.2 Å². The maximum atomic E-state index is 12.7. The molecule has 4 aromatic rings. The number of nitrogens with zero attached hydrogens (tertiary/aromatic N) is 5. The van der Waals surface area contributed by atoms with E-state index in [0.29, 0.717) is 22.1 Å². The number of halogens is 2. The molecule has 1 aromatic heterocycles. The van der Waals surface area contributed by atoms with Crippen LogP contribution in [0.25, 0.3) is 0 Å². The summed E-state index contributed by atoms with van der Waals surface area (Å²) in [7, 11) is 0. The lowest BCUT2D eigenvalue weighted by Crippen LogP contribution is -2.20. The van der Waals surface area contributed by atoms with E-state index in [4.69, 9.17) is 28.3 Å². The van der Waals surface area contributed by atoms with Gasteiger partial charge in [-0.3, -0.25) is 14.9 Å². The molecule has 0 saturated heterocycles. The van der Waals surface area contributed by atoms with Crippen molar-refractivity contribution in [3.63, 3.8) is 0 Å². The molecule has 0 aliphatic carbocycles. The van der Waals surface area contributed by atoms with Gasteiger partial charge in [0, 0.05) is 39.5 Å². The highest BCUT2D eigenvalue weighted by Crippen LogP contribution is 2.38. The fourth-order valence-corrected chi connectivity index (χ4v) is 4.97. The molecule has 2 heterocycles. The zero-order valence-electron chi connectivity index (χ0n) is 19.5. The number of rotatable bonds is 7. The van der Waals surface area contributed by atoms with E-state index < -0.39 is 10.8 Å². The number of amides is 1. The predicted octanol–water partition coefficient (Wildman–Crippen LogP) is 6.48. The summed E-state index contributed by atoms with van der Waals surface area (Å²) in [6, 6.07) is 21.3. The Labute approximate surface area is 231 Å². The summed E-state index contributed by atoms with van der Waals surface area (Å²) in [5, 5.41) is 24.6. The van der Waals surface area contributed by atoms with Crippen molar-refractivity contribution in [3.05, 3.63) is 121 Å². The van der Waals surface area contributed by atoms with Gasteiger partial charge in [-0.1, -0.05) is 65.7 Å². The van der Waals surface area contributed by atoms with Gasteiger partial charge in [0.25, 0.3) is 11.6 Å². The minimum atomic E-state index is -0.542. The summed E-state index contributed by atoms with van der Waals surface area (Å²) in [6.45, 7) is 0. The number of nitro groups is 1. The second kappa shape index (κ2) is 11.1. The van der Waals surface area contributed by atoms with Crippen LogP contribution in [0.4, 0.5) is 10.8 Å². The third-order valence-corrected chi connectivity index (χ3v) is 7.18. The van der Waals surface area contributed by atoms with Crippen LogP contribution in [0.1, 0.15) is 39.6 Å². The van der Waals surface area contributed by atoms with E-state index in [-0.39, 0.29) is 22.4 Å². The van der Waals surface area contributed by atoms with E-state index in [1.807, 2.05) is 59.6 Å². The normalized spacial score (nSPS) is 15.1. The number of hydrogen-bond donors (Lipinski definition) is 1. The molecule has 0 bridgehead atoms.